The summed E-state index contributed by atoms with van der Waals surface area (Å²) in [7, 11) is 0.628. The lowest BCUT2D eigenvalue weighted by molar-refractivity contribution is 0.0823. The van der Waals surface area contributed by atoms with Gasteiger partial charge in [-0.25, -0.2) is 8.42 Å². The number of amides is 1. The summed E-state index contributed by atoms with van der Waals surface area (Å²) < 4.78 is 33.2. The van der Waals surface area contributed by atoms with Crippen molar-refractivity contribution in [2.45, 2.75) is 30.8 Å². The Labute approximate surface area is 166 Å². The molecule has 0 spiro atoms. The van der Waals surface area contributed by atoms with Crippen LogP contribution in [-0.4, -0.2) is 69.9 Å². The van der Waals surface area contributed by atoms with E-state index < -0.39 is 10.0 Å². The van der Waals surface area contributed by atoms with Gasteiger partial charge in [-0.05, 0) is 26.0 Å². The standard InChI is InChI=1S/C16H24ClN3O4S.ClH/c1-10-9-20(11(2)8-18-10)25(22,23)14-7-12(17)6-13(15(14)24-5)16(21)19(3)4;/h6-7,10-11,18H,8-9H2,1-5H3;1H. The number of hydrogen-bond acceptors (Lipinski definition) is 5. The number of piperazine rings is 1. The second kappa shape index (κ2) is 8.75. The van der Waals surface area contributed by atoms with Crippen LogP contribution in [0.1, 0.15) is 24.2 Å². The second-order valence-corrected chi connectivity index (χ2v) is 8.71. The fourth-order valence-corrected chi connectivity index (χ4v) is 5.03. The molecule has 1 amide bonds. The van der Waals surface area contributed by atoms with Crippen LogP contribution in [0.25, 0.3) is 0 Å². The molecule has 0 aliphatic carbocycles. The summed E-state index contributed by atoms with van der Waals surface area (Å²) in [5.41, 5.74) is 0.120. The summed E-state index contributed by atoms with van der Waals surface area (Å²) >= 11 is 6.12. The van der Waals surface area contributed by atoms with Gasteiger partial charge in [0, 0.05) is 44.3 Å². The van der Waals surface area contributed by atoms with E-state index in [1.807, 2.05) is 13.8 Å². The first kappa shape index (κ1) is 23.0. The van der Waals surface area contributed by atoms with Crippen LogP contribution in [0.3, 0.4) is 0 Å². The Morgan fingerprint density at radius 1 is 1.35 bits per heavy atom. The molecule has 0 aromatic heterocycles. The van der Waals surface area contributed by atoms with E-state index >= 15 is 0 Å². The van der Waals surface area contributed by atoms with Gasteiger partial charge in [-0.1, -0.05) is 11.6 Å². The van der Waals surface area contributed by atoms with Gasteiger partial charge >= 0.3 is 0 Å². The van der Waals surface area contributed by atoms with Crippen LogP contribution >= 0.6 is 24.0 Å². The normalized spacial score (nSPS) is 21.0. The quantitative estimate of drug-likeness (QED) is 0.795. The van der Waals surface area contributed by atoms with Crippen molar-refractivity contribution < 1.29 is 17.9 Å². The summed E-state index contributed by atoms with van der Waals surface area (Å²) in [6, 6.07) is 2.56. The molecule has 7 nitrogen and oxygen atoms in total. The van der Waals surface area contributed by atoms with E-state index in [2.05, 4.69) is 5.32 Å². The zero-order chi connectivity index (χ0) is 18.9. The van der Waals surface area contributed by atoms with E-state index in [1.54, 1.807) is 14.1 Å². The third-order valence-electron chi connectivity index (χ3n) is 4.15. The van der Waals surface area contributed by atoms with Crippen LogP contribution in [0.4, 0.5) is 0 Å². The predicted octanol–water partition coefficient (Wildman–Crippen LogP) is 1.84. The largest absolute Gasteiger partial charge is 0.494 e. The van der Waals surface area contributed by atoms with Gasteiger partial charge in [-0.3, -0.25) is 4.79 Å². The number of carbonyl (C=O) groups is 1. The summed E-state index contributed by atoms with van der Waals surface area (Å²) in [5.74, 6) is -0.362. The first-order chi connectivity index (χ1) is 11.6. The first-order valence-corrected chi connectivity index (χ1v) is 9.75. The number of nitrogens with one attached hydrogen (secondary N) is 1. The molecule has 1 aromatic rings. The van der Waals surface area contributed by atoms with Crippen LogP contribution < -0.4 is 10.1 Å². The topological polar surface area (TPSA) is 79.0 Å². The number of rotatable bonds is 4. The lowest BCUT2D eigenvalue weighted by atomic mass is 10.2. The van der Waals surface area contributed by atoms with E-state index in [4.69, 9.17) is 16.3 Å². The molecule has 1 aliphatic heterocycles. The van der Waals surface area contributed by atoms with E-state index in [9.17, 15) is 13.2 Å². The van der Waals surface area contributed by atoms with E-state index in [0.29, 0.717) is 13.1 Å². The van der Waals surface area contributed by atoms with Gasteiger partial charge in [-0.2, -0.15) is 4.31 Å². The third kappa shape index (κ3) is 4.43. The molecule has 26 heavy (non-hydrogen) atoms. The van der Waals surface area contributed by atoms with Crippen LogP contribution in [-0.2, 0) is 10.0 Å². The zero-order valence-electron chi connectivity index (χ0n) is 15.4. The second-order valence-electron chi connectivity index (χ2n) is 6.42. The van der Waals surface area contributed by atoms with Crippen molar-refractivity contribution in [2.75, 3.05) is 34.3 Å². The van der Waals surface area contributed by atoms with Crippen molar-refractivity contribution in [1.29, 1.82) is 0 Å². The molecule has 0 bridgehead atoms. The van der Waals surface area contributed by atoms with Crippen LogP contribution in [0, 0.1) is 0 Å². The van der Waals surface area contributed by atoms with E-state index in [1.165, 1.54) is 28.4 Å². The van der Waals surface area contributed by atoms with Gasteiger partial charge in [0.1, 0.15) is 4.90 Å². The number of methoxy groups -OCH3 is 1. The molecule has 10 heteroatoms. The highest BCUT2D eigenvalue weighted by Gasteiger charge is 2.36. The number of benzene rings is 1. The molecule has 1 fully saturated rings. The highest BCUT2D eigenvalue weighted by molar-refractivity contribution is 7.89. The Morgan fingerprint density at radius 3 is 2.50 bits per heavy atom. The lowest BCUT2D eigenvalue weighted by Crippen LogP contribution is -2.56. The molecule has 0 radical (unpaired) electrons. The Kier molecular flexibility index (Phi) is 7.74. The molecule has 1 saturated heterocycles. The average molecular weight is 426 g/mol. The van der Waals surface area contributed by atoms with Crippen LogP contribution in [0.5, 0.6) is 5.75 Å². The van der Waals surface area contributed by atoms with Crippen molar-refractivity contribution in [3.8, 4) is 5.75 Å². The SMILES string of the molecule is COc1c(C(=O)N(C)C)cc(Cl)cc1S(=O)(=O)N1CC(C)NCC1C.Cl. The summed E-state index contributed by atoms with van der Waals surface area (Å²) in [6.07, 6.45) is 0. The number of carbonyl (C=O) groups excluding carboxylic acids is 1. The average Bonchev–Trinajstić information content (AvgIpc) is 2.55. The Bertz CT molecular complexity index is 771. The van der Waals surface area contributed by atoms with Crippen LogP contribution in [0.2, 0.25) is 5.02 Å². The molecule has 1 aromatic carbocycles. The molecule has 2 rings (SSSR count). The van der Waals surface area contributed by atoms with Gasteiger partial charge in [0.2, 0.25) is 10.0 Å². The minimum atomic E-state index is -3.88. The molecular weight excluding hydrogens is 401 g/mol. The number of halogens is 2. The predicted molar refractivity (Wildman–Crippen MR) is 104 cm³/mol. The molecule has 1 heterocycles. The fraction of sp³-hybridized carbons (Fsp3) is 0.562. The molecule has 148 valence electrons. The Hall–Kier alpha value is -1.06. The van der Waals surface area contributed by atoms with E-state index in [-0.39, 0.29) is 51.6 Å². The minimum Gasteiger partial charge on any atom is -0.494 e. The van der Waals surface area contributed by atoms with Crippen molar-refractivity contribution >= 4 is 39.9 Å². The fourth-order valence-electron chi connectivity index (χ4n) is 2.82. The highest BCUT2D eigenvalue weighted by Crippen LogP contribution is 2.35. The molecule has 1 aliphatic rings. The number of nitrogens with zero attached hydrogens (tertiary/aromatic N) is 2. The van der Waals surface area contributed by atoms with Gasteiger partial charge in [-0.15, -0.1) is 12.4 Å². The number of sulfonamides is 1. The Morgan fingerprint density at radius 2 is 1.96 bits per heavy atom. The first-order valence-electron chi connectivity index (χ1n) is 7.94. The van der Waals surface area contributed by atoms with Crippen molar-refractivity contribution in [3.05, 3.63) is 22.7 Å². The molecule has 1 N–H and O–H groups in total. The summed E-state index contributed by atoms with van der Waals surface area (Å²) in [5, 5.41) is 3.41. The van der Waals surface area contributed by atoms with Crippen molar-refractivity contribution in [2.24, 2.45) is 0 Å². The highest BCUT2D eigenvalue weighted by atomic mass is 35.5. The van der Waals surface area contributed by atoms with Crippen molar-refractivity contribution in [3.63, 3.8) is 0 Å². The monoisotopic (exact) mass is 425 g/mol. The van der Waals surface area contributed by atoms with Crippen molar-refractivity contribution in [1.82, 2.24) is 14.5 Å². The molecule has 2 unspecified atom stereocenters. The maximum absolute atomic E-state index is 13.3. The van der Waals surface area contributed by atoms with Gasteiger partial charge in [0.05, 0.1) is 12.7 Å². The summed E-state index contributed by atoms with van der Waals surface area (Å²) in [4.78, 5) is 13.7. The lowest BCUT2D eigenvalue weighted by Gasteiger charge is -2.36. The minimum absolute atomic E-state index is 0. The van der Waals surface area contributed by atoms with Gasteiger partial charge in [0.25, 0.3) is 5.91 Å². The van der Waals surface area contributed by atoms with Gasteiger partial charge in [0.15, 0.2) is 5.75 Å². The smallest absolute Gasteiger partial charge is 0.257 e. The maximum atomic E-state index is 13.3. The zero-order valence-corrected chi connectivity index (χ0v) is 17.8. The maximum Gasteiger partial charge on any atom is 0.257 e. The molecule has 2 atom stereocenters. The summed E-state index contributed by atoms with van der Waals surface area (Å²) in [6.45, 7) is 4.63. The number of ether oxygens (including phenoxy) is 1. The number of hydrogen-bond donors (Lipinski definition) is 1. The van der Waals surface area contributed by atoms with Crippen LogP contribution in [0.15, 0.2) is 17.0 Å². The van der Waals surface area contributed by atoms with E-state index in [0.717, 1.165) is 0 Å². The third-order valence-corrected chi connectivity index (χ3v) is 6.36. The van der Waals surface area contributed by atoms with Gasteiger partial charge < -0.3 is 15.0 Å². The molecule has 0 saturated carbocycles. The molecular formula is C16H25Cl2N3O4S. The Balaban J connectivity index is 0.00000338.